The average Bonchev–Trinajstić information content (AvgIpc) is 3.62. The van der Waals surface area contributed by atoms with E-state index in [0.29, 0.717) is 5.52 Å². The highest BCUT2D eigenvalue weighted by molar-refractivity contribution is 5.99. The van der Waals surface area contributed by atoms with Crippen molar-refractivity contribution in [1.29, 1.82) is 0 Å². The lowest BCUT2D eigenvalue weighted by atomic mass is 10.0. The lowest BCUT2D eigenvalue weighted by molar-refractivity contribution is -0.207. The minimum absolute atomic E-state index is 0.0328. The third kappa shape index (κ3) is 4.79. The van der Waals surface area contributed by atoms with E-state index >= 15 is 0 Å². The summed E-state index contributed by atoms with van der Waals surface area (Å²) in [6.07, 6.45) is -5.95. The molecule has 194 valence electrons. The summed E-state index contributed by atoms with van der Waals surface area (Å²) in [6, 6.07) is 3.61. The van der Waals surface area contributed by atoms with Gasteiger partial charge in [-0.2, -0.15) is 18.3 Å². The number of aromatic nitrogens is 3. The second kappa shape index (κ2) is 9.19. The zero-order valence-electron chi connectivity index (χ0n) is 19.6. The van der Waals surface area contributed by atoms with Gasteiger partial charge in [-0.05, 0) is 18.9 Å². The van der Waals surface area contributed by atoms with Gasteiger partial charge in [0.1, 0.15) is 11.6 Å². The van der Waals surface area contributed by atoms with Crippen LogP contribution in [-0.2, 0) is 17.8 Å². The number of halogens is 5. The van der Waals surface area contributed by atoms with Crippen molar-refractivity contribution in [2.45, 2.75) is 44.4 Å². The molecule has 2 heterocycles. The molecule has 0 spiro atoms. The molecule has 3 aromatic rings. The SMILES string of the molecule is CCC(F)(F)c1cnc(NC(=O)C2CC2)cc1Nc1nn(C)c2ccc([C@H](O)C(F)(F)F)c(OC)c12. The summed E-state index contributed by atoms with van der Waals surface area (Å²) in [7, 11) is 2.65. The molecule has 0 bridgehead atoms. The summed E-state index contributed by atoms with van der Waals surface area (Å²) in [6.45, 7) is 1.29. The molecule has 0 saturated heterocycles. The van der Waals surface area contributed by atoms with Gasteiger partial charge in [0.05, 0.1) is 29.3 Å². The van der Waals surface area contributed by atoms with Crippen LogP contribution in [0.15, 0.2) is 24.4 Å². The number of alkyl halides is 5. The molecule has 1 aliphatic rings. The average molecular weight is 513 g/mol. The van der Waals surface area contributed by atoms with Crippen molar-refractivity contribution < 1.29 is 36.6 Å². The minimum Gasteiger partial charge on any atom is -0.496 e. The molecular formula is C23H24F5N5O3. The minimum atomic E-state index is -4.97. The van der Waals surface area contributed by atoms with Crippen LogP contribution in [0, 0.1) is 5.92 Å². The molecular weight excluding hydrogens is 489 g/mol. The molecule has 1 aromatic carbocycles. The third-order valence-corrected chi connectivity index (χ3v) is 6.00. The Hall–Kier alpha value is -3.48. The van der Waals surface area contributed by atoms with E-state index in [-0.39, 0.29) is 40.3 Å². The Kier molecular flexibility index (Phi) is 6.54. The molecule has 1 fully saturated rings. The molecule has 0 radical (unpaired) electrons. The first-order valence-corrected chi connectivity index (χ1v) is 11.1. The molecule has 0 unspecified atom stereocenters. The number of nitrogens with zero attached hydrogens (tertiary/aromatic N) is 3. The molecule has 1 atom stereocenters. The van der Waals surface area contributed by atoms with Gasteiger partial charge in [-0.15, -0.1) is 0 Å². The van der Waals surface area contributed by atoms with E-state index in [0.717, 1.165) is 32.2 Å². The number of ether oxygens (including phenoxy) is 1. The number of methoxy groups -OCH3 is 1. The maximum atomic E-state index is 14.8. The Bertz CT molecular complexity index is 1300. The van der Waals surface area contributed by atoms with Crippen molar-refractivity contribution in [2.24, 2.45) is 13.0 Å². The number of pyridine rings is 1. The fraction of sp³-hybridized carbons (Fsp3) is 0.435. The van der Waals surface area contributed by atoms with Gasteiger partial charge in [0.25, 0.3) is 5.92 Å². The first-order chi connectivity index (χ1) is 16.9. The van der Waals surface area contributed by atoms with Crippen LogP contribution >= 0.6 is 0 Å². The smallest absolute Gasteiger partial charge is 0.418 e. The fourth-order valence-corrected chi connectivity index (χ4v) is 3.85. The molecule has 1 amide bonds. The summed E-state index contributed by atoms with van der Waals surface area (Å²) in [5.74, 6) is -4.10. The summed E-state index contributed by atoms with van der Waals surface area (Å²) in [5.41, 5.74) is -0.863. The van der Waals surface area contributed by atoms with Gasteiger partial charge in [-0.1, -0.05) is 13.0 Å². The van der Waals surface area contributed by atoms with Crippen molar-refractivity contribution in [3.8, 4) is 5.75 Å². The van der Waals surface area contributed by atoms with Crippen LogP contribution in [0.25, 0.3) is 10.9 Å². The van der Waals surface area contributed by atoms with E-state index < -0.39 is 35.8 Å². The first kappa shape index (κ1) is 25.6. The normalized spacial score (nSPS) is 15.1. The number of carbonyl (C=O) groups is 1. The largest absolute Gasteiger partial charge is 0.496 e. The van der Waals surface area contributed by atoms with Crippen molar-refractivity contribution in [2.75, 3.05) is 17.7 Å². The number of carbonyl (C=O) groups excluding carboxylic acids is 1. The quantitative estimate of drug-likeness (QED) is 0.360. The van der Waals surface area contributed by atoms with Gasteiger partial charge < -0.3 is 20.5 Å². The predicted molar refractivity (Wildman–Crippen MR) is 121 cm³/mol. The highest BCUT2D eigenvalue weighted by Crippen LogP contribution is 2.44. The zero-order valence-corrected chi connectivity index (χ0v) is 19.6. The molecule has 0 aliphatic heterocycles. The van der Waals surface area contributed by atoms with Gasteiger partial charge in [-0.3, -0.25) is 9.48 Å². The van der Waals surface area contributed by atoms with Crippen LogP contribution in [0.2, 0.25) is 0 Å². The van der Waals surface area contributed by atoms with E-state index in [1.54, 1.807) is 0 Å². The number of fused-ring (bicyclic) bond motifs is 1. The number of amides is 1. The highest BCUT2D eigenvalue weighted by Gasteiger charge is 2.42. The Balaban J connectivity index is 1.84. The molecule has 1 aliphatic carbocycles. The number of hydrogen-bond donors (Lipinski definition) is 3. The highest BCUT2D eigenvalue weighted by atomic mass is 19.4. The van der Waals surface area contributed by atoms with E-state index in [9.17, 15) is 31.9 Å². The Morgan fingerprint density at radius 3 is 2.56 bits per heavy atom. The van der Waals surface area contributed by atoms with Crippen molar-refractivity contribution in [3.63, 3.8) is 0 Å². The maximum Gasteiger partial charge on any atom is 0.418 e. The summed E-state index contributed by atoms with van der Waals surface area (Å²) < 4.78 is 75.9. The Labute approximate surface area is 202 Å². The van der Waals surface area contributed by atoms with Crippen molar-refractivity contribution in [1.82, 2.24) is 14.8 Å². The van der Waals surface area contributed by atoms with Crippen molar-refractivity contribution in [3.05, 3.63) is 35.5 Å². The number of anilines is 3. The van der Waals surface area contributed by atoms with E-state index in [1.165, 1.54) is 30.8 Å². The molecule has 1 saturated carbocycles. The number of hydrogen-bond acceptors (Lipinski definition) is 6. The second-order valence-electron chi connectivity index (χ2n) is 8.56. The summed E-state index contributed by atoms with van der Waals surface area (Å²) in [5, 5.41) is 19.5. The predicted octanol–water partition coefficient (Wildman–Crippen LogP) is 5.17. The number of aliphatic hydroxyl groups excluding tert-OH is 1. The summed E-state index contributed by atoms with van der Waals surface area (Å²) >= 11 is 0. The zero-order chi connectivity index (χ0) is 26.4. The van der Waals surface area contributed by atoms with Gasteiger partial charge in [0.15, 0.2) is 11.9 Å². The number of benzene rings is 1. The third-order valence-electron chi connectivity index (χ3n) is 6.00. The van der Waals surface area contributed by atoms with Crippen LogP contribution in [0.3, 0.4) is 0 Å². The van der Waals surface area contributed by atoms with Crippen LogP contribution in [-0.4, -0.2) is 39.1 Å². The second-order valence-corrected chi connectivity index (χ2v) is 8.56. The number of nitrogens with one attached hydrogen (secondary N) is 2. The van der Waals surface area contributed by atoms with Crippen LogP contribution < -0.4 is 15.4 Å². The van der Waals surface area contributed by atoms with Crippen LogP contribution in [0.4, 0.5) is 39.3 Å². The van der Waals surface area contributed by atoms with Gasteiger partial charge in [0.2, 0.25) is 5.91 Å². The summed E-state index contributed by atoms with van der Waals surface area (Å²) in [4.78, 5) is 16.1. The number of aliphatic hydroxyl groups is 1. The molecule has 36 heavy (non-hydrogen) atoms. The van der Waals surface area contributed by atoms with E-state index in [4.69, 9.17) is 4.74 Å². The van der Waals surface area contributed by atoms with Crippen molar-refractivity contribution >= 4 is 34.1 Å². The monoisotopic (exact) mass is 513 g/mol. The lowest BCUT2D eigenvalue weighted by Gasteiger charge is -2.20. The maximum absolute atomic E-state index is 14.8. The van der Waals surface area contributed by atoms with E-state index in [1.807, 2.05) is 0 Å². The fourth-order valence-electron chi connectivity index (χ4n) is 3.85. The molecule has 13 heteroatoms. The first-order valence-electron chi connectivity index (χ1n) is 11.1. The topological polar surface area (TPSA) is 101 Å². The lowest BCUT2D eigenvalue weighted by Crippen LogP contribution is -2.21. The van der Waals surface area contributed by atoms with E-state index in [2.05, 4.69) is 20.7 Å². The Morgan fingerprint density at radius 1 is 1.28 bits per heavy atom. The molecule has 3 N–H and O–H groups in total. The number of aryl methyl sites for hydroxylation is 1. The van der Waals surface area contributed by atoms with Gasteiger partial charge >= 0.3 is 6.18 Å². The van der Waals surface area contributed by atoms with Crippen LogP contribution in [0.1, 0.15) is 43.4 Å². The standard InChI is InChI=1S/C23H24F5N5O3/c1-4-22(24,25)13-10-29-16(31-21(35)11-5-6-11)9-14(13)30-20-17-15(33(2)32-20)8-7-12(18(17)36-3)19(34)23(26,27)28/h7-11,19,34H,4-6H2,1-3H3,(H2,29,30,31,32,35)/t19-/m0/s1. The molecule has 4 rings (SSSR count). The number of rotatable bonds is 8. The molecule has 8 nitrogen and oxygen atoms in total. The molecule has 2 aromatic heterocycles. The van der Waals surface area contributed by atoms with Gasteiger partial charge in [0, 0.05) is 37.2 Å². The Morgan fingerprint density at radius 2 is 1.97 bits per heavy atom. The van der Waals surface area contributed by atoms with Gasteiger partial charge in [-0.25, -0.2) is 13.8 Å². The van der Waals surface area contributed by atoms with Crippen LogP contribution in [0.5, 0.6) is 5.75 Å².